The molecule has 0 atom stereocenters. The Hall–Kier alpha value is -2.47. The molecular formula is C16H17N5O. The monoisotopic (exact) mass is 295 g/mol. The van der Waals surface area contributed by atoms with E-state index in [1.165, 1.54) is 5.56 Å². The van der Waals surface area contributed by atoms with Crippen molar-refractivity contribution >= 4 is 11.5 Å². The molecule has 6 heteroatoms. The standard InChI is InChI=1S/C16H17N5O/c1-12-2-4-13(5-3-12)16-18-17-14-6-7-15(19-21(14)16)20-8-10-22-11-9-20/h2-7H,8-11H2,1H3. The minimum atomic E-state index is 0.743. The van der Waals surface area contributed by atoms with Gasteiger partial charge in [0.2, 0.25) is 0 Å². The van der Waals surface area contributed by atoms with Crippen LogP contribution in [0, 0.1) is 6.92 Å². The SMILES string of the molecule is Cc1ccc(-c2nnc3ccc(N4CCOCC4)nn23)cc1. The molecule has 0 N–H and O–H groups in total. The number of rotatable bonds is 2. The highest BCUT2D eigenvalue weighted by Gasteiger charge is 2.15. The molecule has 0 spiro atoms. The van der Waals surface area contributed by atoms with Crippen molar-refractivity contribution < 1.29 is 4.74 Å². The number of aromatic nitrogens is 4. The number of aryl methyl sites for hydroxylation is 1. The summed E-state index contributed by atoms with van der Waals surface area (Å²) < 4.78 is 7.21. The Morgan fingerprint density at radius 1 is 0.955 bits per heavy atom. The van der Waals surface area contributed by atoms with Crippen molar-refractivity contribution in [3.63, 3.8) is 0 Å². The molecule has 1 aromatic carbocycles. The van der Waals surface area contributed by atoms with Crippen molar-refractivity contribution in [3.8, 4) is 11.4 Å². The summed E-state index contributed by atoms with van der Waals surface area (Å²) in [6.07, 6.45) is 0. The summed E-state index contributed by atoms with van der Waals surface area (Å²) in [5.41, 5.74) is 3.00. The second-order valence-corrected chi connectivity index (χ2v) is 5.45. The van der Waals surface area contributed by atoms with Gasteiger partial charge in [-0.15, -0.1) is 15.3 Å². The van der Waals surface area contributed by atoms with E-state index in [-0.39, 0.29) is 0 Å². The predicted octanol–water partition coefficient (Wildman–Crippen LogP) is 1.94. The number of hydrogen-bond donors (Lipinski definition) is 0. The van der Waals surface area contributed by atoms with Crippen LogP contribution in [-0.2, 0) is 4.74 Å². The van der Waals surface area contributed by atoms with Crippen LogP contribution < -0.4 is 4.90 Å². The van der Waals surface area contributed by atoms with Gasteiger partial charge in [-0.1, -0.05) is 29.8 Å². The van der Waals surface area contributed by atoms with Crippen LogP contribution in [0.2, 0.25) is 0 Å². The maximum atomic E-state index is 5.40. The summed E-state index contributed by atoms with van der Waals surface area (Å²) >= 11 is 0. The number of fused-ring (bicyclic) bond motifs is 1. The van der Waals surface area contributed by atoms with Crippen molar-refractivity contribution in [2.24, 2.45) is 0 Å². The Morgan fingerprint density at radius 2 is 1.73 bits per heavy atom. The molecule has 0 saturated carbocycles. The van der Waals surface area contributed by atoms with E-state index >= 15 is 0 Å². The van der Waals surface area contributed by atoms with Crippen LogP contribution in [0.3, 0.4) is 0 Å². The molecule has 0 radical (unpaired) electrons. The predicted molar refractivity (Wildman–Crippen MR) is 84.0 cm³/mol. The van der Waals surface area contributed by atoms with Gasteiger partial charge in [0.1, 0.15) is 5.82 Å². The van der Waals surface area contributed by atoms with Gasteiger partial charge in [0.25, 0.3) is 0 Å². The van der Waals surface area contributed by atoms with E-state index in [0.29, 0.717) is 0 Å². The Balaban J connectivity index is 1.77. The number of nitrogens with zero attached hydrogens (tertiary/aromatic N) is 5. The molecule has 0 bridgehead atoms. The van der Waals surface area contributed by atoms with E-state index in [0.717, 1.165) is 49.2 Å². The molecule has 0 amide bonds. The van der Waals surface area contributed by atoms with Gasteiger partial charge in [-0.2, -0.15) is 4.52 Å². The van der Waals surface area contributed by atoms with Gasteiger partial charge >= 0.3 is 0 Å². The summed E-state index contributed by atoms with van der Waals surface area (Å²) in [6.45, 7) is 5.28. The zero-order valence-corrected chi connectivity index (χ0v) is 12.4. The topological polar surface area (TPSA) is 55.5 Å². The van der Waals surface area contributed by atoms with Crippen LogP contribution in [0.1, 0.15) is 5.56 Å². The molecule has 3 heterocycles. The van der Waals surface area contributed by atoms with Gasteiger partial charge in [0.15, 0.2) is 11.5 Å². The van der Waals surface area contributed by atoms with E-state index in [1.54, 1.807) is 0 Å². The van der Waals surface area contributed by atoms with E-state index in [4.69, 9.17) is 9.84 Å². The van der Waals surface area contributed by atoms with Gasteiger partial charge in [-0.05, 0) is 19.1 Å². The smallest absolute Gasteiger partial charge is 0.185 e. The average Bonchev–Trinajstić information content (AvgIpc) is 2.99. The summed E-state index contributed by atoms with van der Waals surface area (Å²) in [7, 11) is 0. The first-order valence-corrected chi connectivity index (χ1v) is 7.43. The maximum absolute atomic E-state index is 5.40. The molecule has 3 aromatic rings. The molecule has 2 aromatic heterocycles. The van der Waals surface area contributed by atoms with Gasteiger partial charge in [0, 0.05) is 18.7 Å². The van der Waals surface area contributed by atoms with Crippen LogP contribution in [-0.4, -0.2) is 46.1 Å². The number of hydrogen-bond acceptors (Lipinski definition) is 5. The fourth-order valence-electron chi connectivity index (χ4n) is 2.62. The van der Waals surface area contributed by atoms with E-state index in [9.17, 15) is 0 Å². The fourth-order valence-corrected chi connectivity index (χ4v) is 2.62. The van der Waals surface area contributed by atoms with E-state index < -0.39 is 0 Å². The first-order chi connectivity index (χ1) is 10.8. The molecule has 0 aliphatic carbocycles. The summed E-state index contributed by atoms with van der Waals surface area (Å²) in [4.78, 5) is 2.22. The second-order valence-electron chi connectivity index (χ2n) is 5.45. The number of morpholine rings is 1. The lowest BCUT2D eigenvalue weighted by atomic mass is 10.1. The molecular weight excluding hydrogens is 278 g/mol. The van der Waals surface area contributed by atoms with Crippen molar-refractivity contribution in [1.29, 1.82) is 0 Å². The minimum Gasteiger partial charge on any atom is -0.378 e. The molecule has 1 saturated heterocycles. The van der Waals surface area contributed by atoms with Gasteiger partial charge in [-0.25, -0.2) is 0 Å². The quantitative estimate of drug-likeness (QED) is 0.723. The number of anilines is 1. The molecule has 22 heavy (non-hydrogen) atoms. The third-order valence-electron chi connectivity index (χ3n) is 3.89. The highest BCUT2D eigenvalue weighted by Crippen LogP contribution is 2.20. The second kappa shape index (κ2) is 5.38. The van der Waals surface area contributed by atoms with Crippen molar-refractivity contribution in [2.45, 2.75) is 6.92 Å². The van der Waals surface area contributed by atoms with Crippen molar-refractivity contribution in [3.05, 3.63) is 42.0 Å². The zero-order valence-electron chi connectivity index (χ0n) is 12.4. The zero-order chi connectivity index (χ0) is 14.9. The molecule has 1 aliphatic rings. The Morgan fingerprint density at radius 3 is 2.50 bits per heavy atom. The highest BCUT2D eigenvalue weighted by molar-refractivity contribution is 5.60. The van der Waals surface area contributed by atoms with E-state index in [2.05, 4.69) is 46.3 Å². The maximum Gasteiger partial charge on any atom is 0.185 e. The summed E-state index contributed by atoms with van der Waals surface area (Å²) in [6, 6.07) is 12.2. The largest absolute Gasteiger partial charge is 0.378 e. The fraction of sp³-hybridized carbons (Fsp3) is 0.312. The lowest BCUT2D eigenvalue weighted by molar-refractivity contribution is 0.122. The molecule has 1 fully saturated rings. The van der Waals surface area contributed by atoms with Gasteiger partial charge < -0.3 is 9.64 Å². The Bertz CT molecular complexity index is 790. The first kappa shape index (κ1) is 13.2. The lowest BCUT2D eigenvalue weighted by Gasteiger charge is -2.27. The summed E-state index contributed by atoms with van der Waals surface area (Å²) in [5.74, 6) is 1.70. The van der Waals surface area contributed by atoms with Gasteiger partial charge in [-0.3, -0.25) is 0 Å². The average molecular weight is 295 g/mol. The van der Waals surface area contributed by atoms with Crippen LogP contribution in [0.15, 0.2) is 36.4 Å². The normalized spacial score (nSPS) is 15.4. The Labute approximate surface area is 128 Å². The number of benzene rings is 1. The van der Waals surface area contributed by atoms with Gasteiger partial charge in [0.05, 0.1) is 13.2 Å². The summed E-state index contributed by atoms with van der Waals surface area (Å²) in [5, 5.41) is 13.2. The third kappa shape index (κ3) is 2.31. The van der Waals surface area contributed by atoms with E-state index in [1.807, 2.05) is 16.6 Å². The van der Waals surface area contributed by atoms with Crippen LogP contribution in [0.4, 0.5) is 5.82 Å². The van der Waals surface area contributed by atoms with Crippen LogP contribution >= 0.6 is 0 Å². The molecule has 112 valence electrons. The lowest BCUT2D eigenvalue weighted by Crippen LogP contribution is -2.37. The highest BCUT2D eigenvalue weighted by atomic mass is 16.5. The molecule has 4 rings (SSSR count). The Kier molecular flexibility index (Phi) is 3.23. The van der Waals surface area contributed by atoms with Crippen molar-refractivity contribution in [1.82, 2.24) is 19.8 Å². The molecule has 6 nitrogen and oxygen atoms in total. The van der Waals surface area contributed by atoms with Crippen LogP contribution in [0.25, 0.3) is 17.0 Å². The third-order valence-corrected chi connectivity index (χ3v) is 3.89. The number of ether oxygens (including phenoxy) is 1. The van der Waals surface area contributed by atoms with Crippen molar-refractivity contribution in [2.75, 3.05) is 31.2 Å². The minimum absolute atomic E-state index is 0.743. The van der Waals surface area contributed by atoms with Crippen LogP contribution in [0.5, 0.6) is 0 Å². The first-order valence-electron chi connectivity index (χ1n) is 7.43. The molecule has 0 unspecified atom stereocenters. The molecule has 1 aliphatic heterocycles.